The van der Waals surface area contributed by atoms with Gasteiger partial charge in [0.2, 0.25) is 0 Å². The maximum atomic E-state index is 11.6. The summed E-state index contributed by atoms with van der Waals surface area (Å²) >= 11 is 0. The van der Waals surface area contributed by atoms with Gasteiger partial charge in [-0.2, -0.15) is 0 Å². The van der Waals surface area contributed by atoms with Crippen molar-refractivity contribution in [3.05, 3.63) is 0 Å². The lowest BCUT2D eigenvalue weighted by molar-refractivity contribution is -0.119. The van der Waals surface area contributed by atoms with Crippen molar-refractivity contribution in [1.29, 1.82) is 0 Å². The number of carbonyl (C=O) groups excluding carboxylic acids is 2. The van der Waals surface area contributed by atoms with E-state index in [9.17, 15) is 9.59 Å². The van der Waals surface area contributed by atoms with Crippen LogP contribution in [-0.2, 0) is 9.53 Å². The molecule has 1 atom stereocenters. The van der Waals surface area contributed by atoms with Crippen molar-refractivity contribution in [2.45, 2.75) is 97.9 Å². The van der Waals surface area contributed by atoms with E-state index in [0.717, 1.165) is 12.8 Å². The van der Waals surface area contributed by atoms with E-state index < -0.39 is 12.1 Å². The lowest BCUT2D eigenvalue weighted by Gasteiger charge is -2.19. The van der Waals surface area contributed by atoms with Crippen LogP contribution in [0.3, 0.4) is 0 Å². The van der Waals surface area contributed by atoms with Crippen LogP contribution in [0.25, 0.3) is 0 Å². The van der Waals surface area contributed by atoms with Gasteiger partial charge in [0.05, 0.1) is 12.6 Å². The monoisotopic (exact) mass is 327 g/mol. The molecule has 1 N–H and O–H groups in total. The van der Waals surface area contributed by atoms with Gasteiger partial charge in [0.1, 0.15) is 0 Å². The van der Waals surface area contributed by atoms with Crippen LogP contribution in [0.4, 0.5) is 4.79 Å². The molecule has 0 aliphatic heterocycles. The molecule has 0 bridgehead atoms. The van der Waals surface area contributed by atoms with Gasteiger partial charge in [-0.05, 0) is 19.3 Å². The van der Waals surface area contributed by atoms with E-state index in [1.165, 1.54) is 58.3 Å². The van der Waals surface area contributed by atoms with E-state index in [4.69, 9.17) is 4.74 Å². The summed E-state index contributed by atoms with van der Waals surface area (Å²) in [4.78, 5) is 23.0. The summed E-state index contributed by atoms with van der Waals surface area (Å²) in [5.41, 5.74) is 0. The fourth-order valence-corrected chi connectivity index (χ4v) is 2.66. The second-order valence-corrected chi connectivity index (χ2v) is 6.79. The first kappa shape index (κ1) is 21.9. The van der Waals surface area contributed by atoms with Gasteiger partial charge in [-0.3, -0.25) is 4.79 Å². The molecule has 0 heterocycles. The van der Waals surface area contributed by atoms with Crippen LogP contribution < -0.4 is 5.32 Å². The molecule has 0 radical (unpaired) electrons. The summed E-state index contributed by atoms with van der Waals surface area (Å²) in [6.45, 7) is 7.99. The van der Waals surface area contributed by atoms with Gasteiger partial charge in [0, 0.05) is 0 Å². The number of unbranched alkanes of at least 4 members (excludes halogenated alkanes) is 9. The molecule has 0 fully saturated rings. The first-order valence-electron chi connectivity index (χ1n) is 9.42. The van der Waals surface area contributed by atoms with Crippen LogP contribution in [0.1, 0.15) is 91.9 Å². The molecule has 0 rings (SSSR count). The molecule has 0 saturated heterocycles. The van der Waals surface area contributed by atoms with Crippen LogP contribution in [-0.4, -0.2) is 24.5 Å². The third kappa shape index (κ3) is 13.1. The van der Waals surface area contributed by atoms with Crippen LogP contribution in [0.5, 0.6) is 0 Å². The Kier molecular flexibility index (Phi) is 13.9. The van der Waals surface area contributed by atoms with Crippen LogP contribution in [0.15, 0.2) is 0 Å². The first-order chi connectivity index (χ1) is 11.0. The van der Waals surface area contributed by atoms with Crippen molar-refractivity contribution in [2.24, 2.45) is 5.92 Å². The van der Waals surface area contributed by atoms with Gasteiger partial charge in [-0.1, -0.05) is 78.6 Å². The van der Waals surface area contributed by atoms with Crippen molar-refractivity contribution in [2.75, 3.05) is 6.61 Å². The van der Waals surface area contributed by atoms with Crippen molar-refractivity contribution >= 4 is 11.9 Å². The van der Waals surface area contributed by atoms with E-state index in [0.29, 0.717) is 6.61 Å². The number of ketones is 1. The molecule has 23 heavy (non-hydrogen) atoms. The van der Waals surface area contributed by atoms with E-state index in [1.807, 2.05) is 13.8 Å². The summed E-state index contributed by atoms with van der Waals surface area (Å²) in [7, 11) is 0. The summed E-state index contributed by atoms with van der Waals surface area (Å²) in [6, 6.07) is -0.449. The van der Waals surface area contributed by atoms with Gasteiger partial charge in [-0.25, -0.2) is 4.79 Å². The van der Waals surface area contributed by atoms with Crippen LogP contribution in [0.2, 0.25) is 0 Å². The highest BCUT2D eigenvalue weighted by atomic mass is 16.5. The highest BCUT2D eigenvalue weighted by molar-refractivity contribution is 5.85. The molecule has 0 aromatic carbocycles. The van der Waals surface area contributed by atoms with Gasteiger partial charge >= 0.3 is 6.09 Å². The van der Waals surface area contributed by atoms with Crippen molar-refractivity contribution in [3.8, 4) is 0 Å². The Morgan fingerprint density at radius 1 is 0.870 bits per heavy atom. The van der Waals surface area contributed by atoms with E-state index in [1.54, 1.807) is 0 Å². The minimum Gasteiger partial charge on any atom is -0.450 e. The Hall–Kier alpha value is -1.06. The first-order valence-corrected chi connectivity index (χ1v) is 9.42. The molecule has 0 aromatic heterocycles. The number of nitrogens with one attached hydrogen (secondary N) is 1. The van der Waals surface area contributed by atoms with Gasteiger partial charge in [0.15, 0.2) is 5.78 Å². The topological polar surface area (TPSA) is 55.4 Å². The maximum Gasteiger partial charge on any atom is 0.407 e. The van der Waals surface area contributed by atoms with E-state index in [2.05, 4.69) is 12.2 Å². The molecule has 136 valence electrons. The van der Waals surface area contributed by atoms with Crippen molar-refractivity contribution in [3.63, 3.8) is 0 Å². The standard InChI is InChI=1S/C19H37NO3/c1-5-6-7-8-9-10-11-12-13-14-15-23-19(22)20-18(16(2)3)17(4)21/h16,18H,5-15H2,1-4H3,(H,20,22)/t18-/m0/s1. The fourth-order valence-electron chi connectivity index (χ4n) is 2.66. The maximum absolute atomic E-state index is 11.6. The Labute approximate surface area is 142 Å². The number of ether oxygens (including phenoxy) is 1. The Morgan fingerprint density at radius 3 is 1.78 bits per heavy atom. The number of hydrogen-bond donors (Lipinski definition) is 1. The van der Waals surface area contributed by atoms with E-state index >= 15 is 0 Å². The number of alkyl carbamates (subject to hydrolysis) is 1. The number of hydrogen-bond acceptors (Lipinski definition) is 3. The van der Waals surface area contributed by atoms with Crippen LogP contribution >= 0.6 is 0 Å². The number of carbonyl (C=O) groups is 2. The van der Waals surface area contributed by atoms with Gasteiger partial charge in [0.25, 0.3) is 0 Å². The lowest BCUT2D eigenvalue weighted by atomic mass is 10.0. The highest BCUT2D eigenvalue weighted by Gasteiger charge is 2.20. The number of amides is 1. The second-order valence-electron chi connectivity index (χ2n) is 6.79. The summed E-state index contributed by atoms with van der Waals surface area (Å²) in [5, 5.41) is 2.64. The predicted molar refractivity (Wildman–Crippen MR) is 95.6 cm³/mol. The number of Topliss-reactive ketones (excluding diaryl/α,β-unsaturated/α-hetero) is 1. The van der Waals surface area contributed by atoms with Crippen molar-refractivity contribution in [1.82, 2.24) is 5.32 Å². The Morgan fingerprint density at radius 2 is 1.35 bits per heavy atom. The lowest BCUT2D eigenvalue weighted by Crippen LogP contribution is -2.43. The van der Waals surface area contributed by atoms with Gasteiger partial charge < -0.3 is 10.1 Å². The largest absolute Gasteiger partial charge is 0.450 e. The smallest absolute Gasteiger partial charge is 0.407 e. The molecule has 0 unspecified atom stereocenters. The summed E-state index contributed by atoms with van der Waals surface area (Å²) in [6.07, 6.45) is 12.1. The molecule has 0 aliphatic rings. The minimum atomic E-state index is -0.477. The normalized spacial score (nSPS) is 12.2. The molecule has 0 saturated carbocycles. The highest BCUT2D eigenvalue weighted by Crippen LogP contribution is 2.10. The van der Waals surface area contributed by atoms with Crippen molar-refractivity contribution < 1.29 is 14.3 Å². The quantitative estimate of drug-likeness (QED) is 0.443. The third-order valence-electron chi connectivity index (χ3n) is 4.11. The number of rotatable bonds is 14. The predicted octanol–water partition coefficient (Wildman–Crippen LogP) is 5.25. The third-order valence-corrected chi connectivity index (χ3v) is 4.11. The molecule has 4 nitrogen and oxygen atoms in total. The molecular weight excluding hydrogens is 290 g/mol. The van der Waals surface area contributed by atoms with E-state index in [-0.39, 0.29) is 11.7 Å². The molecule has 1 amide bonds. The average Bonchev–Trinajstić information content (AvgIpc) is 2.49. The Balaban J connectivity index is 3.47. The molecule has 0 aliphatic carbocycles. The molecule has 0 spiro atoms. The fraction of sp³-hybridized carbons (Fsp3) is 0.895. The summed E-state index contributed by atoms with van der Waals surface area (Å²) in [5.74, 6) is 0.0493. The Bertz CT molecular complexity index is 316. The zero-order valence-electron chi connectivity index (χ0n) is 15.7. The molecular formula is C19H37NO3. The molecule has 0 aromatic rings. The zero-order chi connectivity index (χ0) is 17.5. The summed E-state index contributed by atoms with van der Waals surface area (Å²) < 4.78 is 5.14. The van der Waals surface area contributed by atoms with Crippen LogP contribution in [0, 0.1) is 5.92 Å². The van der Waals surface area contributed by atoms with Gasteiger partial charge in [-0.15, -0.1) is 0 Å². The SMILES string of the molecule is CCCCCCCCCCCCOC(=O)N[C@H](C(C)=O)C(C)C. The second kappa shape index (κ2) is 14.5. The average molecular weight is 328 g/mol. The zero-order valence-corrected chi connectivity index (χ0v) is 15.7. The molecule has 4 heteroatoms. The minimum absolute atomic E-state index is 0.0316.